The van der Waals surface area contributed by atoms with Crippen LogP contribution in [-0.2, 0) is 14.8 Å². The third-order valence-corrected chi connectivity index (χ3v) is 4.20. The van der Waals surface area contributed by atoms with Crippen molar-refractivity contribution in [2.75, 3.05) is 30.0 Å². The number of nitrogens with one attached hydrogen (secondary N) is 3. The summed E-state index contributed by atoms with van der Waals surface area (Å²) in [5.41, 5.74) is 3.36. The Morgan fingerprint density at radius 1 is 1.27 bits per heavy atom. The highest BCUT2D eigenvalue weighted by Crippen LogP contribution is 2.28. The number of hydrogen-bond donors (Lipinski definition) is 3. The minimum Gasteiger partial charge on any atom is -0.383 e. The fourth-order valence-electron chi connectivity index (χ4n) is 2.68. The maximum absolute atomic E-state index is 11.6. The fourth-order valence-corrected chi connectivity index (χ4v) is 3.22. The van der Waals surface area contributed by atoms with E-state index in [1.54, 1.807) is 25.4 Å². The molecule has 1 unspecified atom stereocenters. The molecule has 0 aliphatic rings. The summed E-state index contributed by atoms with van der Waals surface area (Å²) in [6.07, 6.45) is 2.79. The molecule has 1 atom stereocenters. The smallest absolute Gasteiger partial charge is 0.229 e. The van der Waals surface area contributed by atoms with Crippen LogP contribution in [0.4, 0.5) is 11.4 Å². The van der Waals surface area contributed by atoms with Crippen LogP contribution in [-0.4, -0.2) is 49.4 Å². The predicted octanol–water partition coefficient (Wildman–Crippen LogP) is 2.44. The first kappa shape index (κ1) is 18.2. The molecule has 0 aliphatic heterocycles. The molecular weight excluding hydrogens is 354 g/mol. The van der Waals surface area contributed by atoms with Crippen LogP contribution in [0.15, 0.2) is 36.5 Å². The first-order chi connectivity index (χ1) is 12.3. The SMILES string of the molecule is COCC(C)Nc1cc(NS(C)(=O)=O)cc(-c2nc3ncccc3[nH]2)c1. The molecule has 0 spiro atoms. The van der Waals surface area contributed by atoms with E-state index in [1.807, 2.05) is 25.1 Å². The summed E-state index contributed by atoms with van der Waals surface area (Å²) in [7, 11) is -1.77. The number of rotatable bonds is 7. The van der Waals surface area contributed by atoms with E-state index in [9.17, 15) is 8.42 Å². The molecule has 0 aliphatic carbocycles. The lowest BCUT2D eigenvalue weighted by Gasteiger charge is -2.16. The van der Waals surface area contributed by atoms with Crippen LogP contribution in [0.2, 0.25) is 0 Å². The average molecular weight is 375 g/mol. The molecule has 26 heavy (non-hydrogen) atoms. The summed E-state index contributed by atoms with van der Waals surface area (Å²) in [6, 6.07) is 9.13. The maximum atomic E-state index is 11.6. The Balaban J connectivity index is 2.03. The largest absolute Gasteiger partial charge is 0.383 e. The molecule has 0 bridgehead atoms. The maximum Gasteiger partial charge on any atom is 0.229 e. The van der Waals surface area contributed by atoms with E-state index in [4.69, 9.17) is 4.74 Å². The van der Waals surface area contributed by atoms with E-state index in [1.165, 1.54) is 0 Å². The molecule has 3 aromatic rings. The van der Waals surface area contributed by atoms with E-state index in [0.717, 1.165) is 23.0 Å². The quantitative estimate of drug-likeness (QED) is 0.585. The van der Waals surface area contributed by atoms with Gasteiger partial charge in [-0.3, -0.25) is 4.72 Å². The molecule has 0 saturated heterocycles. The van der Waals surface area contributed by atoms with Crippen LogP contribution in [0.1, 0.15) is 6.92 Å². The van der Waals surface area contributed by atoms with Crippen molar-refractivity contribution in [2.45, 2.75) is 13.0 Å². The molecule has 0 radical (unpaired) electrons. The topological polar surface area (TPSA) is 109 Å². The number of H-pyrrole nitrogens is 1. The number of methoxy groups -OCH3 is 1. The summed E-state index contributed by atoms with van der Waals surface area (Å²) in [4.78, 5) is 11.9. The second-order valence-electron chi connectivity index (χ2n) is 6.13. The van der Waals surface area contributed by atoms with Gasteiger partial charge in [-0.05, 0) is 37.3 Å². The van der Waals surface area contributed by atoms with Gasteiger partial charge < -0.3 is 15.0 Å². The van der Waals surface area contributed by atoms with E-state index in [-0.39, 0.29) is 6.04 Å². The van der Waals surface area contributed by atoms with Crippen LogP contribution in [0.3, 0.4) is 0 Å². The molecule has 8 nitrogen and oxygen atoms in total. The lowest BCUT2D eigenvalue weighted by Crippen LogP contribution is -2.21. The van der Waals surface area contributed by atoms with Gasteiger partial charge in [0, 0.05) is 30.6 Å². The third kappa shape index (κ3) is 4.50. The lowest BCUT2D eigenvalue weighted by atomic mass is 10.1. The first-order valence-corrected chi connectivity index (χ1v) is 9.92. The van der Waals surface area contributed by atoms with Crippen LogP contribution in [0, 0.1) is 0 Å². The summed E-state index contributed by atoms with van der Waals surface area (Å²) in [6.45, 7) is 2.50. The Labute approximate surface area is 152 Å². The first-order valence-electron chi connectivity index (χ1n) is 8.03. The van der Waals surface area contributed by atoms with Crippen LogP contribution in [0.25, 0.3) is 22.6 Å². The summed E-state index contributed by atoms with van der Waals surface area (Å²) in [5.74, 6) is 0.610. The van der Waals surface area contributed by atoms with Crippen molar-refractivity contribution in [1.82, 2.24) is 15.0 Å². The Hall–Kier alpha value is -2.65. The van der Waals surface area contributed by atoms with Gasteiger partial charge in [0.2, 0.25) is 10.0 Å². The minimum atomic E-state index is -3.40. The van der Waals surface area contributed by atoms with Gasteiger partial charge in [0.15, 0.2) is 5.65 Å². The molecule has 0 fully saturated rings. The van der Waals surface area contributed by atoms with Crippen LogP contribution >= 0.6 is 0 Å². The second-order valence-corrected chi connectivity index (χ2v) is 7.88. The number of hydrogen-bond acceptors (Lipinski definition) is 6. The Morgan fingerprint density at radius 2 is 2.04 bits per heavy atom. The van der Waals surface area contributed by atoms with Gasteiger partial charge in [-0.15, -0.1) is 0 Å². The summed E-state index contributed by atoms with van der Waals surface area (Å²) < 4.78 is 30.9. The average Bonchev–Trinajstić information content (AvgIpc) is 2.97. The summed E-state index contributed by atoms with van der Waals surface area (Å²) >= 11 is 0. The molecular formula is C17H21N5O3S. The van der Waals surface area contributed by atoms with Crippen molar-refractivity contribution in [1.29, 1.82) is 0 Å². The third-order valence-electron chi connectivity index (χ3n) is 3.60. The van der Waals surface area contributed by atoms with E-state index in [2.05, 4.69) is 25.0 Å². The number of nitrogens with zero attached hydrogens (tertiary/aromatic N) is 2. The molecule has 0 amide bonds. The van der Waals surface area contributed by atoms with Gasteiger partial charge in [0.05, 0.1) is 24.1 Å². The van der Waals surface area contributed by atoms with E-state index in [0.29, 0.717) is 23.8 Å². The second kappa shape index (κ2) is 7.30. The van der Waals surface area contributed by atoms with Crippen molar-refractivity contribution in [3.63, 3.8) is 0 Å². The van der Waals surface area contributed by atoms with Crippen LogP contribution < -0.4 is 10.0 Å². The Morgan fingerprint density at radius 3 is 2.73 bits per heavy atom. The number of aromatic nitrogens is 3. The highest BCUT2D eigenvalue weighted by molar-refractivity contribution is 7.92. The van der Waals surface area contributed by atoms with Gasteiger partial charge in [-0.1, -0.05) is 0 Å². The molecule has 3 N–H and O–H groups in total. The number of aromatic amines is 1. The van der Waals surface area contributed by atoms with Crippen molar-refractivity contribution < 1.29 is 13.2 Å². The zero-order chi connectivity index (χ0) is 18.7. The lowest BCUT2D eigenvalue weighted by molar-refractivity contribution is 0.190. The van der Waals surface area contributed by atoms with Crippen molar-refractivity contribution in [2.24, 2.45) is 0 Å². The van der Waals surface area contributed by atoms with Gasteiger partial charge >= 0.3 is 0 Å². The van der Waals surface area contributed by atoms with Gasteiger partial charge in [-0.25, -0.2) is 18.4 Å². The number of imidazole rings is 1. The normalized spacial score (nSPS) is 12.9. The molecule has 9 heteroatoms. The number of sulfonamides is 1. The van der Waals surface area contributed by atoms with Crippen LogP contribution in [0.5, 0.6) is 0 Å². The molecule has 2 aromatic heterocycles. The number of ether oxygens (including phenoxy) is 1. The Bertz CT molecular complexity index is 983. The van der Waals surface area contributed by atoms with Crippen molar-refractivity contribution in [3.05, 3.63) is 36.5 Å². The molecule has 0 saturated carbocycles. The zero-order valence-electron chi connectivity index (χ0n) is 14.8. The standard InChI is InChI=1S/C17H21N5O3S/c1-11(10-25-2)19-13-7-12(8-14(9-13)22-26(3,23)24)16-20-15-5-4-6-18-17(15)21-16/h4-9,11,19,22H,10H2,1-3H3,(H,18,20,21). The Kier molecular flexibility index (Phi) is 5.10. The minimum absolute atomic E-state index is 0.0543. The highest BCUT2D eigenvalue weighted by Gasteiger charge is 2.12. The van der Waals surface area contributed by atoms with Gasteiger partial charge in [0.25, 0.3) is 0 Å². The number of fused-ring (bicyclic) bond motifs is 1. The van der Waals surface area contributed by atoms with Gasteiger partial charge in [-0.2, -0.15) is 0 Å². The monoisotopic (exact) mass is 375 g/mol. The van der Waals surface area contributed by atoms with Crippen molar-refractivity contribution >= 4 is 32.6 Å². The van der Waals surface area contributed by atoms with Crippen molar-refractivity contribution in [3.8, 4) is 11.4 Å². The molecule has 138 valence electrons. The van der Waals surface area contributed by atoms with Gasteiger partial charge in [0.1, 0.15) is 5.82 Å². The number of anilines is 2. The number of benzene rings is 1. The number of pyridine rings is 1. The fraction of sp³-hybridized carbons (Fsp3) is 0.294. The van der Waals surface area contributed by atoms with E-state index < -0.39 is 10.0 Å². The zero-order valence-corrected chi connectivity index (χ0v) is 15.6. The summed E-state index contributed by atoms with van der Waals surface area (Å²) in [5, 5.41) is 3.30. The predicted molar refractivity (Wildman–Crippen MR) is 103 cm³/mol. The molecule has 2 heterocycles. The molecule has 1 aromatic carbocycles. The molecule has 3 rings (SSSR count). The van der Waals surface area contributed by atoms with E-state index >= 15 is 0 Å². The highest BCUT2D eigenvalue weighted by atomic mass is 32.2.